The first-order valence-electron chi connectivity index (χ1n) is 9.96. The Balaban J connectivity index is 1.66. The molecule has 168 valence electrons. The Hall–Kier alpha value is -2.86. The number of hydrogen-bond donors (Lipinski definition) is 1. The van der Waals surface area contributed by atoms with Crippen molar-refractivity contribution >= 4 is 38.3 Å². The summed E-state index contributed by atoms with van der Waals surface area (Å²) >= 11 is 1.07. The van der Waals surface area contributed by atoms with Gasteiger partial charge in [-0.3, -0.25) is 10.1 Å². The molecule has 11 heteroatoms. The molecule has 3 aromatic rings. The lowest BCUT2D eigenvalue weighted by Gasteiger charge is -2.30. The van der Waals surface area contributed by atoms with E-state index in [-0.39, 0.29) is 10.5 Å². The molecule has 1 fully saturated rings. The Morgan fingerprint density at radius 2 is 1.84 bits per heavy atom. The number of sulfonamides is 1. The number of carbonyl (C=O) groups excluding carboxylic acids is 1. The van der Waals surface area contributed by atoms with Gasteiger partial charge in [-0.2, -0.15) is 9.36 Å². The van der Waals surface area contributed by atoms with Crippen molar-refractivity contribution in [3.05, 3.63) is 54.1 Å². The van der Waals surface area contributed by atoms with Gasteiger partial charge in [0.25, 0.3) is 5.91 Å². The summed E-state index contributed by atoms with van der Waals surface area (Å²) in [5.41, 5.74) is 1.75. The lowest BCUT2D eigenvalue weighted by molar-refractivity contribution is 0.102. The number of rotatable bonds is 6. The number of nitrogens with zero attached hydrogens (tertiary/aromatic N) is 4. The number of aromatic nitrogens is 2. The van der Waals surface area contributed by atoms with Crippen LogP contribution in [-0.2, 0) is 14.8 Å². The van der Waals surface area contributed by atoms with Crippen molar-refractivity contribution in [1.82, 2.24) is 13.7 Å². The SMILES string of the molecule is CN(C)S(=O)(=O)c1ccc(N2CCOCC2)c(C(=O)Nc2nc(-c3ccccc3)ns2)c1. The van der Waals surface area contributed by atoms with Gasteiger partial charge in [0.1, 0.15) is 0 Å². The van der Waals surface area contributed by atoms with Crippen molar-refractivity contribution in [2.45, 2.75) is 4.90 Å². The number of morpholine rings is 1. The van der Waals surface area contributed by atoms with Crippen LogP contribution in [0.4, 0.5) is 10.8 Å². The Morgan fingerprint density at radius 1 is 1.12 bits per heavy atom. The molecule has 0 unspecified atom stereocenters. The molecule has 4 rings (SSSR count). The summed E-state index contributed by atoms with van der Waals surface area (Å²) in [6, 6.07) is 14.1. The summed E-state index contributed by atoms with van der Waals surface area (Å²) in [7, 11) is -0.789. The fourth-order valence-corrected chi connectivity index (χ4v) is 4.80. The van der Waals surface area contributed by atoms with Crippen LogP contribution >= 0.6 is 11.5 Å². The normalized spacial score (nSPS) is 14.5. The first kappa shape index (κ1) is 22.3. The maximum atomic E-state index is 13.2. The largest absolute Gasteiger partial charge is 0.378 e. The lowest BCUT2D eigenvalue weighted by Crippen LogP contribution is -2.37. The highest BCUT2D eigenvalue weighted by Gasteiger charge is 2.25. The molecule has 1 saturated heterocycles. The third-order valence-electron chi connectivity index (χ3n) is 5.02. The molecule has 0 bridgehead atoms. The fourth-order valence-electron chi connectivity index (χ4n) is 3.29. The number of amides is 1. The van der Waals surface area contributed by atoms with Gasteiger partial charge in [-0.05, 0) is 18.2 Å². The average Bonchev–Trinajstić information content (AvgIpc) is 3.28. The minimum absolute atomic E-state index is 0.0481. The van der Waals surface area contributed by atoms with Gasteiger partial charge in [0.2, 0.25) is 15.2 Å². The minimum atomic E-state index is -3.70. The molecule has 32 heavy (non-hydrogen) atoms. The summed E-state index contributed by atoms with van der Waals surface area (Å²) in [5, 5.41) is 3.11. The van der Waals surface area contributed by atoms with E-state index in [2.05, 4.69) is 14.7 Å². The molecule has 0 saturated carbocycles. The maximum Gasteiger partial charge on any atom is 0.259 e. The second-order valence-electron chi connectivity index (χ2n) is 7.31. The highest BCUT2D eigenvalue weighted by molar-refractivity contribution is 7.89. The molecule has 1 aliphatic heterocycles. The van der Waals surface area contributed by atoms with E-state index in [0.717, 1.165) is 21.4 Å². The van der Waals surface area contributed by atoms with Crippen molar-refractivity contribution in [3.63, 3.8) is 0 Å². The molecule has 1 aromatic heterocycles. The summed E-state index contributed by atoms with van der Waals surface area (Å²) < 4.78 is 36.1. The molecule has 1 N–H and O–H groups in total. The fraction of sp³-hybridized carbons (Fsp3) is 0.286. The number of ether oxygens (including phenoxy) is 1. The van der Waals surface area contributed by atoms with E-state index in [1.54, 1.807) is 6.07 Å². The van der Waals surface area contributed by atoms with E-state index < -0.39 is 15.9 Å². The van der Waals surface area contributed by atoms with Crippen LogP contribution in [0, 0.1) is 0 Å². The van der Waals surface area contributed by atoms with Crippen LogP contribution in [0.2, 0.25) is 0 Å². The number of nitrogens with one attached hydrogen (secondary N) is 1. The van der Waals surface area contributed by atoms with Crippen LogP contribution in [-0.4, -0.2) is 68.4 Å². The molecule has 9 nitrogen and oxygen atoms in total. The summed E-state index contributed by atoms with van der Waals surface area (Å²) in [6.07, 6.45) is 0. The predicted octanol–water partition coefficient (Wildman–Crippen LogP) is 2.54. The number of anilines is 2. The van der Waals surface area contributed by atoms with Crippen molar-refractivity contribution < 1.29 is 17.9 Å². The zero-order chi connectivity index (χ0) is 22.7. The molecule has 2 aromatic carbocycles. The van der Waals surface area contributed by atoms with Crippen LogP contribution in [0.3, 0.4) is 0 Å². The van der Waals surface area contributed by atoms with Gasteiger partial charge in [0, 0.05) is 50.0 Å². The third-order valence-corrected chi connectivity index (χ3v) is 7.46. The van der Waals surface area contributed by atoms with Gasteiger partial charge in [-0.1, -0.05) is 30.3 Å². The monoisotopic (exact) mass is 473 g/mol. The molecule has 0 radical (unpaired) electrons. The van der Waals surface area contributed by atoms with Crippen LogP contribution < -0.4 is 10.2 Å². The molecule has 2 heterocycles. The predicted molar refractivity (Wildman–Crippen MR) is 124 cm³/mol. The summed E-state index contributed by atoms with van der Waals surface area (Å²) in [6.45, 7) is 2.29. The highest BCUT2D eigenvalue weighted by Crippen LogP contribution is 2.28. The van der Waals surface area contributed by atoms with Gasteiger partial charge in [0.05, 0.1) is 23.7 Å². The Morgan fingerprint density at radius 3 is 2.53 bits per heavy atom. The average molecular weight is 474 g/mol. The third kappa shape index (κ3) is 4.65. The van der Waals surface area contributed by atoms with E-state index in [4.69, 9.17) is 4.74 Å². The van der Waals surface area contributed by atoms with E-state index in [1.165, 1.54) is 26.2 Å². The second-order valence-corrected chi connectivity index (χ2v) is 10.2. The van der Waals surface area contributed by atoms with Crippen molar-refractivity contribution in [1.29, 1.82) is 0 Å². The molecular weight excluding hydrogens is 450 g/mol. The van der Waals surface area contributed by atoms with Gasteiger partial charge < -0.3 is 9.64 Å². The second kappa shape index (κ2) is 9.33. The Kier molecular flexibility index (Phi) is 6.51. The van der Waals surface area contributed by atoms with Crippen molar-refractivity contribution in [2.75, 3.05) is 50.6 Å². The molecule has 0 spiro atoms. The first-order chi connectivity index (χ1) is 15.4. The maximum absolute atomic E-state index is 13.2. The zero-order valence-electron chi connectivity index (χ0n) is 17.7. The number of carbonyl (C=O) groups is 1. The lowest BCUT2D eigenvalue weighted by atomic mass is 10.1. The van der Waals surface area contributed by atoms with Crippen LogP contribution in [0.1, 0.15) is 10.4 Å². The van der Waals surface area contributed by atoms with Crippen molar-refractivity contribution in [2.24, 2.45) is 0 Å². The van der Waals surface area contributed by atoms with Gasteiger partial charge >= 0.3 is 0 Å². The van der Waals surface area contributed by atoms with Gasteiger partial charge in [-0.15, -0.1) is 0 Å². The van der Waals surface area contributed by atoms with Crippen LogP contribution in [0.5, 0.6) is 0 Å². The Bertz CT molecular complexity index is 1210. The van der Waals surface area contributed by atoms with Crippen LogP contribution in [0.15, 0.2) is 53.4 Å². The van der Waals surface area contributed by atoms with E-state index >= 15 is 0 Å². The molecule has 0 atom stereocenters. The number of benzene rings is 2. The topological polar surface area (TPSA) is 105 Å². The van der Waals surface area contributed by atoms with Gasteiger partial charge in [0.15, 0.2) is 5.82 Å². The van der Waals surface area contributed by atoms with Gasteiger partial charge in [-0.25, -0.2) is 12.7 Å². The van der Waals surface area contributed by atoms with Crippen LogP contribution in [0.25, 0.3) is 11.4 Å². The van der Waals surface area contributed by atoms with E-state index in [9.17, 15) is 13.2 Å². The molecular formula is C21H23N5O4S2. The zero-order valence-corrected chi connectivity index (χ0v) is 19.3. The standard InChI is InChI=1S/C21H23N5O4S2/c1-25(2)32(28,29)16-8-9-18(26-10-12-30-13-11-26)17(14-16)20(27)23-21-22-19(24-31-21)15-6-4-3-5-7-15/h3-9,14H,10-13H2,1-2H3,(H,22,23,24,27). The quantitative estimate of drug-likeness (QED) is 0.587. The highest BCUT2D eigenvalue weighted by atomic mass is 32.2. The molecule has 1 amide bonds. The van der Waals surface area contributed by atoms with E-state index in [1.807, 2.05) is 35.2 Å². The minimum Gasteiger partial charge on any atom is -0.378 e. The first-order valence-corrected chi connectivity index (χ1v) is 12.2. The van der Waals surface area contributed by atoms with E-state index in [0.29, 0.717) is 42.9 Å². The van der Waals surface area contributed by atoms with Crippen molar-refractivity contribution in [3.8, 4) is 11.4 Å². The smallest absolute Gasteiger partial charge is 0.259 e. The molecule has 0 aliphatic carbocycles. The summed E-state index contributed by atoms with van der Waals surface area (Å²) in [5.74, 6) is 0.0706. The molecule has 1 aliphatic rings. The summed E-state index contributed by atoms with van der Waals surface area (Å²) in [4.78, 5) is 19.7. The Labute approximate surface area is 190 Å². The number of hydrogen-bond acceptors (Lipinski definition) is 8.